The summed E-state index contributed by atoms with van der Waals surface area (Å²) in [6, 6.07) is 15.8. The van der Waals surface area contributed by atoms with Crippen LogP contribution < -0.4 is 30.0 Å². The third-order valence-electron chi connectivity index (χ3n) is 8.15. The molecule has 0 bridgehead atoms. The van der Waals surface area contributed by atoms with E-state index >= 15 is 0 Å². The van der Waals surface area contributed by atoms with E-state index in [1.807, 2.05) is 36.4 Å². The van der Waals surface area contributed by atoms with E-state index in [-0.39, 0.29) is 17.2 Å². The molecule has 1 atom stereocenters. The number of rotatable bonds is 12. The second-order valence-electron chi connectivity index (χ2n) is 11.7. The molecule has 3 heterocycles. The zero-order valence-corrected chi connectivity index (χ0v) is 25.3. The number of nitrogens with zero attached hydrogens (tertiary/aromatic N) is 4. The first kappa shape index (κ1) is 28.6. The first-order chi connectivity index (χ1) is 20.4. The van der Waals surface area contributed by atoms with Crippen molar-refractivity contribution < 1.29 is 9.47 Å². The lowest BCUT2D eigenvalue weighted by Crippen LogP contribution is -2.45. The van der Waals surface area contributed by atoms with Crippen LogP contribution in [0.1, 0.15) is 45.1 Å². The zero-order valence-electron chi connectivity index (χ0n) is 24.5. The maximum absolute atomic E-state index is 13.6. The van der Waals surface area contributed by atoms with E-state index in [1.165, 1.54) is 10.2 Å². The molecule has 6 rings (SSSR count). The molecule has 0 amide bonds. The van der Waals surface area contributed by atoms with Crippen LogP contribution in [0.5, 0.6) is 11.5 Å². The number of aromatic nitrogens is 2. The molecule has 2 N–H and O–H groups in total. The van der Waals surface area contributed by atoms with Crippen molar-refractivity contribution >= 4 is 23.5 Å². The normalized spacial score (nSPS) is 19.1. The second kappa shape index (κ2) is 12.4. The van der Waals surface area contributed by atoms with Crippen LogP contribution in [-0.4, -0.2) is 53.1 Å². The van der Waals surface area contributed by atoms with Gasteiger partial charge in [-0.1, -0.05) is 51.1 Å². The molecule has 222 valence electrons. The Balaban J connectivity index is 1.05. The number of piperazine rings is 1. The molecule has 0 radical (unpaired) electrons. The average Bonchev–Trinajstić information content (AvgIpc) is 3.59. The molecule has 42 heavy (non-hydrogen) atoms. The summed E-state index contributed by atoms with van der Waals surface area (Å²) in [5.74, 6) is 1.28. The van der Waals surface area contributed by atoms with Gasteiger partial charge >= 0.3 is 5.56 Å². The molecule has 3 aliphatic rings. The summed E-state index contributed by atoms with van der Waals surface area (Å²) in [6.45, 7) is 13.1. The minimum absolute atomic E-state index is 0.141. The summed E-state index contributed by atoms with van der Waals surface area (Å²) in [7, 11) is 0. The molecule has 2 fully saturated rings. The van der Waals surface area contributed by atoms with Crippen molar-refractivity contribution in [3.8, 4) is 17.2 Å². The summed E-state index contributed by atoms with van der Waals surface area (Å²) in [5, 5.41) is 7.98. The maximum Gasteiger partial charge on any atom is 0.316 e. The van der Waals surface area contributed by atoms with Crippen molar-refractivity contribution in [2.24, 2.45) is 5.41 Å². The molecule has 3 aromatic rings. The van der Waals surface area contributed by atoms with Crippen molar-refractivity contribution in [2.75, 3.05) is 43.0 Å². The molecule has 1 saturated carbocycles. The molecular formula is C32H40N6O3S. The molecule has 1 saturated heterocycles. The Morgan fingerprint density at radius 2 is 1.98 bits per heavy atom. The minimum atomic E-state index is -0.211. The van der Waals surface area contributed by atoms with Crippen LogP contribution in [0.15, 0.2) is 71.7 Å². The first-order valence-corrected chi connectivity index (χ1v) is 15.6. The van der Waals surface area contributed by atoms with Crippen LogP contribution >= 0.6 is 12.1 Å². The first-order valence-electron chi connectivity index (χ1n) is 14.9. The van der Waals surface area contributed by atoms with Crippen molar-refractivity contribution in [3.63, 3.8) is 0 Å². The number of hydrogen-bond acceptors (Lipinski definition) is 9. The Morgan fingerprint density at radius 1 is 1.19 bits per heavy atom. The average molecular weight is 589 g/mol. The molecule has 9 nitrogen and oxygen atoms in total. The fourth-order valence-corrected chi connectivity index (χ4v) is 5.97. The van der Waals surface area contributed by atoms with Crippen LogP contribution in [0.25, 0.3) is 5.69 Å². The van der Waals surface area contributed by atoms with Crippen LogP contribution in [0.3, 0.4) is 0 Å². The van der Waals surface area contributed by atoms with Crippen molar-refractivity contribution in [3.05, 3.63) is 82.8 Å². The van der Waals surface area contributed by atoms with Crippen LogP contribution in [0.2, 0.25) is 0 Å². The van der Waals surface area contributed by atoms with Crippen LogP contribution in [-0.2, 0) is 6.54 Å². The highest BCUT2D eigenvalue weighted by atomic mass is 32.2. The largest absolute Gasteiger partial charge is 0.486 e. The Morgan fingerprint density at radius 3 is 2.71 bits per heavy atom. The monoisotopic (exact) mass is 588 g/mol. The van der Waals surface area contributed by atoms with Gasteiger partial charge in [-0.2, -0.15) is 9.78 Å². The van der Waals surface area contributed by atoms with Crippen molar-refractivity contribution in [1.29, 1.82) is 0 Å². The van der Waals surface area contributed by atoms with Crippen LogP contribution in [0.4, 0.5) is 11.4 Å². The van der Waals surface area contributed by atoms with Gasteiger partial charge in [0.05, 0.1) is 24.2 Å². The zero-order chi connectivity index (χ0) is 29.1. The standard InChI is InChI=1S/C32H40N6O3S/c1-4-8-23(2)30-35-26-19-24(11-12-28(26)41-30)20-34-42-37-17-15-36(16-18-37)27-21-33-38(25-9-6-5-7-10-25)31(39)29(27)40-22-32(3)13-14-32/h5-7,9-12,19,21,30,34-35H,2,4,8,13-18,20,22H2,1,3H3. The van der Waals surface area contributed by atoms with Gasteiger partial charge in [0.15, 0.2) is 6.23 Å². The number of anilines is 2. The summed E-state index contributed by atoms with van der Waals surface area (Å²) >= 11 is 1.64. The van der Waals surface area contributed by atoms with Gasteiger partial charge in [0, 0.05) is 50.3 Å². The van der Waals surface area contributed by atoms with Gasteiger partial charge < -0.3 is 19.7 Å². The van der Waals surface area contributed by atoms with Gasteiger partial charge in [-0.25, -0.2) is 9.03 Å². The molecule has 2 aliphatic heterocycles. The lowest BCUT2D eigenvalue weighted by molar-refractivity contribution is 0.242. The minimum Gasteiger partial charge on any atom is -0.486 e. The number of para-hydroxylation sites is 1. The van der Waals surface area contributed by atoms with E-state index < -0.39 is 0 Å². The van der Waals surface area contributed by atoms with Crippen molar-refractivity contribution in [1.82, 2.24) is 18.8 Å². The van der Waals surface area contributed by atoms with E-state index in [2.05, 4.69) is 56.9 Å². The predicted octanol–water partition coefficient (Wildman–Crippen LogP) is 5.37. The summed E-state index contributed by atoms with van der Waals surface area (Å²) in [5.41, 5.74) is 4.75. The maximum atomic E-state index is 13.6. The van der Waals surface area contributed by atoms with E-state index in [1.54, 1.807) is 18.3 Å². The smallest absolute Gasteiger partial charge is 0.316 e. The molecule has 1 aromatic heterocycles. The third kappa shape index (κ3) is 6.45. The Hall–Kier alpha value is -3.47. The van der Waals surface area contributed by atoms with Gasteiger partial charge in [-0.3, -0.25) is 4.79 Å². The van der Waals surface area contributed by atoms with Crippen molar-refractivity contribution in [2.45, 2.75) is 52.3 Å². The SMILES string of the molecule is C=C(CCC)C1Nc2cc(CNSN3CCN(c4cnn(-c5ccccc5)c(=O)c4OCC4(C)CC4)CC3)ccc2O1. The Labute approximate surface area is 252 Å². The molecular weight excluding hydrogens is 548 g/mol. The van der Waals surface area contributed by atoms with E-state index in [4.69, 9.17) is 9.47 Å². The summed E-state index contributed by atoms with van der Waals surface area (Å²) in [4.78, 5) is 15.8. The molecule has 1 unspecified atom stereocenters. The second-order valence-corrected chi connectivity index (χ2v) is 12.7. The van der Waals surface area contributed by atoms with E-state index in [9.17, 15) is 4.79 Å². The van der Waals surface area contributed by atoms with Crippen LogP contribution in [0, 0.1) is 5.41 Å². The molecule has 2 aromatic carbocycles. The quantitative estimate of drug-likeness (QED) is 0.214. The number of ether oxygens (including phenoxy) is 2. The highest BCUT2D eigenvalue weighted by molar-refractivity contribution is 7.95. The van der Waals surface area contributed by atoms with Gasteiger partial charge in [0.25, 0.3) is 0 Å². The highest BCUT2D eigenvalue weighted by Gasteiger charge is 2.39. The Kier molecular flexibility index (Phi) is 8.46. The molecule has 1 aliphatic carbocycles. The fourth-order valence-electron chi connectivity index (χ4n) is 5.21. The lowest BCUT2D eigenvalue weighted by atomic mass is 10.1. The summed E-state index contributed by atoms with van der Waals surface area (Å²) in [6.07, 6.45) is 5.92. The third-order valence-corrected chi connectivity index (χ3v) is 9.05. The van der Waals surface area contributed by atoms with E-state index in [0.29, 0.717) is 12.4 Å². The van der Waals surface area contributed by atoms with Gasteiger partial charge in [-0.15, -0.1) is 0 Å². The highest BCUT2D eigenvalue weighted by Crippen LogP contribution is 2.45. The number of benzene rings is 2. The lowest BCUT2D eigenvalue weighted by Gasteiger charge is -2.35. The number of hydrogen-bond donors (Lipinski definition) is 2. The summed E-state index contributed by atoms with van der Waals surface area (Å²) < 4.78 is 19.5. The number of fused-ring (bicyclic) bond motifs is 1. The fraction of sp³-hybridized carbons (Fsp3) is 0.438. The predicted molar refractivity (Wildman–Crippen MR) is 169 cm³/mol. The van der Waals surface area contributed by atoms with Gasteiger partial charge in [0.2, 0.25) is 5.75 Å². The van der Waals surface area contributed by atoms with Gasteiger partial charge in [-0.05, 0) is 54.7 Å². The molecule has 10 heteroatoms. The van der Waals surface area contributed by atoms with Gasteiger partial charge in [0.1, 0.15) is 11.4 Å². The number of nitrogens with one attached hydrogen (secondary N) is 2. The Bertz CT molecular complexity index is 1470. The van der Waals surface area contributed by atoms with E-state index in [0.717, 1.165) is 86.8 Å². The topological polar surface area (TPSA) is 83.9 Å². The molecule has 0 spiro atoms.